The lowest BCUT2D eigenvalue weighted by molar-refractivity contribution is -0.129. The van der Waals surface area contributed by atoms with Crippen molar-refractivity contribution in [3.8, 4) is 0 Å². The Morgan fingerprint density at radius 3 is 2.86 bits per heavy atom. The summed E-state index contributed by atoms with van der Waals surface area (Å²) in [6.45, 7) is 2.04. The first-order valence-corrected chi connectivity index (χ1v) is 7.22. The van der Waals surface area contributed by atoms with Gasteiger partial charge in [0.05, 0.1) is 13.2 Å². The molecule has 7 nitrogen and oxygen atoms in total. The molecule has 0 radical (unpaired) electrons. The first-order chi connectivity index (χ1) is 10.0. The van der Waals surface area contributed by atoms with Crippen molar-refractivity contribution in [3.63, 3.8) is 0 Å². The van der Waals surface area contributed by atoms with E-state index in [1.807, 2.05) is 11.0 Å². The molecule has 0 aliphatic carbocycles. The maximum atomic E-state index is 11.5. The average Bonchev–Trinajstić information content (AvgIpc) is 2.48. The Labute approximate surface area is 130 Å². The highest BCUT2D eigenvalue weighted by atomic mass is 79.9. The molecule has 1 fully saturated rings. The number of carbonyl (C=O) groups excluding carboxylic acids is 2. The van der Waals surface area contributed by atoms with Crippen LogP contribution in [0.3, 0.4) is 0 Å². The summed E-state index contributed by atoms with van der Waals surface area (Å²) in [6, 6.07) is 4.76. The largest absolute Gasteiger partial charge is 0.378 e. The van der Waals surface area contributed by atoms with Crippen LogP contribution in [0.15, 0.2) is 22.7 Å². The van der Waals surface area contributed by atoms with Gasteiger partial charge in [0.15, 0.2) is 0 Å². The fraction of sp³-hybridized carbons (Fsp3) is 0.385. The van der Waals surface area contributed by atoms with E-state index in [1.165, 1.54) is 0 Å². The number of morpholine rings is 1. The standard InChI is InChI=1S/C13H17BrN4O3/c14-10-5-8(13(20)17-16)1-2-9(10)6-18-3-4-21-7-11(18)12(15)19/h1-2,5,11H,3-4,6-7,16H2,(H2,15,19)(H,17,20). The number of halogens is 1. The molecule has 1 heterocycles. The van der Waals surface area contributed by atoms with Crippen LogP contribution in [0.25, 0.3) is 0 Å². The SMILES string of the molecule is NNC(=O)c1ccc(CN2CCOCC2C(N)=O)c(Br)c1. The van der Waals surface area contributed by atoms with Crippen LogP contribution in [0.5, 0.6) is 0 Å². The summed E-state index contributed by atoms with van der Waals surface area (Å²) in [7, 11) is 0. The van der Waals surface area contributed by atoms with Crippen LogP contribution in [0.4, 0.5) is 0 Å². The quantitative estimate of drug-likeness (QED) is 0.391. The Kier molecular flexibility index (Phi) is 5.29. The molecule has 1 aromatic carbocycles. The highest BCUT2D eigenvalue weighted by Gasteiger charge is 2.28. The van der Waals surface area contributed by atoms with Gasteiger partial charge in [0.1, 0.15) is 6.04 Å². The predicted octanol–water partition coefficient (Wildman–Crippen LogP) is -0.261. The normalized spacial score (nSPS) is 19.2. The highest BCUT2D eigenvalue weighted by molar-refractivity contribution is 9.10. The lowest BCUT2D eigenvalue weighted by Crippen LogP contribution is -2.51. The number of benzene rings is 1. The summed E-state index contributed by atoms with van der Waals surface area (Å²) >= 11 is 3.43. The number of hydrogen-bond donors (Lipinski definition) is 3. The predicted molar refractivity (Wildman–Crippen MR) is 80.0 cm³/mol. The van der Waals surface area contributed by atoms with Gasteiger partial charge in [0.25, 0.3) is 5.91 Å². The van der Waals surface area contributed by atoms with Crippen molar-refractivity contribution in [2.45, 2.75) is 12.6 Å². The molecule has 0 saturated carbocycles. The van der Waals surface area contributed by atoms with Gasteiger partial charge in [-0.1, -0.05) is 22.0 Å². The van der Waals surface area contributed by atoms with Crippen molar-refractivity contribution < 1.29 is 14.3 Å². The number of primary amides is 1. The molecule has 5 N–H and O–H groups in total. The van der Waals surface area contributed by atoms with Gasteiger partial charge >= 0.3 is 0 Å². The summed E-state index contributed by atoms with van der Waals surface area (Å²) in [5, 5.41) is 0. The molecule has 1 saturated heterocycles. The zero-order valence-corrected chi connectivity index (χ0v) is 12.9. The third kappa shape index (κ3) is 3.79. The molecule has 0 aromatic heterocycles. The minimum absolute atomic E-state index is 0.306. The Balaban J connectivity index is 2.15. The van der Waals surface area contributed by atoms with E-state index in [-0.39, 0.29) is 5.91 Å². The summed E-state index contributed by atoms with van der Waals surface area (Å²) in [4.78, 5) is 24.9. The maximum Gasteiger partial charge on any atom is 0.265 e. The molecule has 1 atom stereocenters. The lowest BCUT2D eigenvalue weighted by Gasteiger charge is -2.33. The van der Waals surface area contributed by atoms with Gasteiger partial charge < -0.3 is 10.5 Å². The topological polar surface area (TPSA) is 111 Å². The van der Waals surface area contributed by atoms with E-state index >= 15 is 0 Å². The molecule has 8 heteroatoms. The minimum Gasteiger partial charge on any atom is -0.378 e. The fourth-order valence-electron chi connectivity index (χ4n) is 2.21. The van der Waals surface area contributed by atoms with Crippen molar-refractivity contribution in [1.82, 2.24) is 10.3 Å². The number of carbonyl (C=O) groups is 2. The highest BCUT2D eigenvalue weighted by Crippen LogP contribution is 2.22. The van der Waals surface area contributed by atoms with E-state index in [9.17, 15) is 9.59 Å². The van der Waals surface area contributed by atoms with Crippen LogP contribution in [0, 0.1) is 0 Å². The summed E-state index contributed by atoms with van der Waals surface area (Å²) in [5.41, 5.74) is 8.89. The number of nitrogens with zero attached hydrogens (tertiary/aromatic N) is 1. The maximum absolute atomic E-state index is 11.5. The number of hydrazine groups is 1. The molecule has 1 aromatic rings. The minimum atomic E-state index is -0.433. The smallest absolute Gasteiger partial charge is 0.265 e. The summed E-state index contributed by atoms with van der Waals surface area (Å²) < 4.78 is 6.06. The van der Waals surface area contributed by atoms with Crippen LogP contribution < -0.4 is 17.0 Å². The van der Waals surface area contributed by atoms with Crippen molar-refractivity contribution in [1.29, 1.82) is 0 Å². The molecular formula is C13H17BrN4O3. The Morgan fingerprint density at radius 2 is 2.24 bits per heavy atom. The zero-order chi connectivity index (χ0) is 15.4. The van der Waals surface area contributed by atoms with Gasteiger partial charge in [0.2, 0.25) is 5.91 Å². The molecule has 1 unspecified atom stereocenters. The first-order valence-electron chi connectivity index (χ1n) is 6.43. The van der Waals surface area contributed by atoms with E-state index < -0.39 is 11.9 Å². The number of nitrogen functional groups attached to an aromatic ring is 1. The molecule has 1 aliphatic rings. The number of amides is 2. The van der Waals surface area contributed by atoms with Gasteiger partial charge in [-0.15, -0.1) is 0 Å². The molecule has 2 rings (SSSR count). The number of nitrogens with one attached hydrogen (secondary N) is 1. The first kappa shape index (κ1) is 15.9. The second-order valence-corrected chi connectivity index (χ2v) is 5.60. The third-order valence-electron chi connectivity index (χ3n) is 3.39. The molecule has 0 spiro atoms. The van der Waals surface area contributed by atoms with Crippen molar-refractivity contribution in [2.24, 2.45) is 11.6 Å². The molecule has 114 valence electrons. The van der Waals surface area contributed by atoms with E-state index in [1.54, 1.807) is 12.1 Å². The van der Waals surface area contributed by atoms with Gasteiger partial charge in [-0.3, -0.25) is 19.9 Å². The van der Waals surface area contributed by atoms with Gasteiger partial charge in [0, 0.05) is 23.1 Å². The van der Waals surface area contributed by atoms with Crippen molar-refractivity contribution in [2.75, 3.05) is 19.8 Å². The van der Waals surface area contributed by atoms with Crippen LogP contribution in [-0.4, -0.2) is 42.5 Å². The van der Waals surface area contributed by atoms with E-state index in [2.05, 4.69) is 21.4 Å². The lowest BCUT2D eigenvalue weighted by atomic mass is 10.1. The third-order valence-corrected chi connectivity index (χ3v) is 4.13. The monoisotopic (exact) mass is 356 g/mol. The Hall–Kier alpha value is -1.48. The molecule has 2 amide bonds. The van der Waals surface area contributed by atoms with Crippen molar-refractivity contribution >= 4 is 27.7 Å². The second kappa shape index (κ2) is 6.99. The van der Waals surface area contributed by atoms with Crippen molar-refractivity contribution in [3.05, 3.63) is 33.8 Å². The number of rotatable bonds is 4. The molecule has 21 heavy (non-hydrogen) atoms. The zero-order valence-electron chi connectivity index (χ0n) is 11.3. The fourth-order valence-corrected chi connectivity index (χ4v) is 2.71. The van der Waals surface area contributed by atoms with Gasteiger partial charge in [-0.25, -0.2) is 5.84 Å². The average molecular weight is 357 g/mol. The van der Waals surface area contributed by atoms with E-state index in [0.29, 0.717) is 31.9 Å². The van der Waals surface area contributed by atoms with Crippen LogP contribution in [-0.2, 0) is 16.1 Å². The van der Waals surface area contributed by atoms with Gasteiger partial charge in [-0.2, -0.15) is 0 Å². The Morgan fingerprint density at radius 1 is 1.48 bits per heavy atom. The second-order valence-electron chi connectivity index (χ2n) is 4.74. The van der Waals surface area contributed by atoms with Crippen LogP contribution in [0.2, 0.25) is 0 Å². The molecular weight excluding hydrogens is 340 g/mol. The Bertz CT molecular complexity index is 552. The van der Waals surface area contributed by atoms with E-state index in [4.69, 9.17) is 16.3 Å². The molecule has 0 bridgehead atoms. The summed E-state index contributed by atoms with van der Waals surface area (Å²) in [6.07, 6.45) is 0. The van der Waals surface area contributed by atoms with Crippen LogP contribution in [0.1, 0.15) is 15.9 Å². The number of nitrogens with two attached hydrogens (primary N) is 2. The van der Waals surface area contributed by atoms with Gasteiger partial charge in [-0.05, 0) is 17.7 Å². The van der Waals surface area contributed by atoms with Crippen LogP contribution >= 0.6 is 15.9 Å². The number of hydrogen-bond acceptors (Lipinski definition) is 5. The van der Waals surface area contributed by atoms with E-state index in [0.717, 1.165) is 10.0 Å². The molecule has 1 aliphatic heterocycles. The number of ether oxygens (including phenoxy) is 1. The summed E-state index contributed by atoms with van der Waals surface area (Å²) in [5.74, 6) is 4.35.